The van der Waals surface area contributed by atoms with Crippen molar-refractivity contribution in [2.45, 2.75) is 15.8 Å². The Balaban J connectivity index is -0.0000000192. The third kappa shape index (κ3) is 242. The molecule has 2 atom stereocenters. The van der Waals surface area contributed by atoms with Crippen molar-refractivity contribution < 1.29 is 179 Å². The molecule has 0 unspecified atom stereocenters. The molecule has 0 aliphatic rings. The molecule has 4 radical (unpaired) electrons. The summed E-state index contributed by atoms with van der Waals surface area (Å²) in [5.74, 6) is -2.73. The fourth-order valence-corrected chi connectivity index (χ4v) is 4.55. The van der Waals surface area contributed by atoms with Crippen molar-refractivity contribution in [3.05, 3.63) is 0 Å². The molecule has 0 heterocycles. The normalized spacial score (nSPS) is 6.95. The first-order chi connectivity index (χ1) is 24.6. The summed E-state index contributed by atoms with van der Waals surface area (Å²) in [6.07, 6.45) is 0.707. The minimum atomic E-state index is -1.32. The van der Waals surface area contributed by atoms with Crippen molar-refractivity contribution in [2.24, 2.45) is 0 Å². The Labute approximate surface area is 401 Å². The van der Waals surface area contributed by atoms with Gasteiger partial charge in [-0.3, -0.25) is 0 Å². The molecular formula is C25H40Cl2O20Re4S4-4. The van der Waals surface area contributed by atoms with Crippen LogP contribution in [-0.2, 0) is 158 Å². The average molecular weight is 1600 g/mol. The van der Waals surface area contributed by atoms with E-state index in [1.165, 1.54) is 11.8 Å². The molecule has 330 valence electrons. The fourth-order valence-electron chi connectivity index (χ4n) is 1.01. The van der Waals surface area contributed by atoms with E-state index in [-0.39, 0.29) is 93.2 Å². The number of carbonyl (C=O) groups excluding carboxylic acids is 16. The van der Waals surface area contributed by atoms with Gasteiger partial charge in [0.25, 0.3) is 0 Å². The number of hydrogen-bond donors (Lipinski definition) is 0. The molecule has 20 nitrogen and oxygen atoms in total. The van der Waals surface area contributed by atoms with Crippen LogP contribution in [0, 0.1) is 0 Å². The SMILES string of the molecule is C=O.C=O.C=O.C=O.C=O.C=O.C=O.C=O.C=O.C=O.C=O.C=O.O=C([O-])CSCCCS[C@@H](Cl)C(=O)[O-].O=C([O-])CSCCS[C@@H](Cl)C(=O)[O-].[Re].[Re].[Re].[Re]. The monoisotopic (exact) mass is 1610 g/mol. The van der Waals surface area contributed by atoms with Crippen LogP contribution in [0.2, 0.25) is 0 Å². The fraction of sp³-hybridized carbons (Fsp3) is 0.360. The maximum absolute atomic E-state index is 10.2. The van der Waals surface area contributed by atoms with Crippen LogP contribution in [0.25, 0.3) is 0 Å². The summed E-state index contributed by atoms with van der Waals surface area (Å²) in [6.45, 7) is 24.0. The van der Waals surface area contributed by atoms with Crippen molar-refractivity contribution in [3.63, 3.8) is 0 Å². The molecule has 0 aliphatic carbocycles. The molecule has 0 saturated heterocycles. The van der Waals surface area contributed by atoms with Gasteiger partial charge in [0, 0.05) is 105 Å². The Morgan fingerprint density at radius 2 is 0.582 bits per heavy atom. The summed E-state index contributed by atoms with van der Waals surface area (Å²) in [7, 11) is 0. The van der Waals surface area contributed by atoms with Gasteiger partial charge in [-0.25, -0.2) is 0 Å². The van der Waals surface area contributed by atoms with Gasteiger partial charge in [0.1, 0.15) is 90.9 Å². The van der Waals surface area contributed by atoms with Gasteiger partial charge in [-0.15, -0.1) is 46.7 Å². The summed E-state index contributed by atoms with van der Waals surface area (Å²) < 4.78 is -2.09. The Morgan fingerprint density at radius 1 is 0.382 bits per heavy atom. The van der Waals surface area contributed by atoms with Gasteiger partial charge in [-0.05, 0) is 17.9 Å². The van der Waals surface area contributed by atoms with Crippen LogP contribution in [0.15, 0.2) is 0 Å². The standard InChI is InChI=1S/C7H11ClO4S2.C6H9ClO4S2.12CH2O.4Re/c8-6(7(11)12)14-3-1-2-13-4-5(9)10;7-5(6(10)11)13-2-1-12-3-4(8)9;12*1-2;;;;/h6H,1-4H2,(H,9,10)(H,11,12);5H,1-3H2,(H,8,9)(H,10,11);12*1H2;;;;/p-4/t6-;5-;;;;;;;;;;;;;;;;/m11................/s1. The Morgan fingerprint density at radius 3 is 0.782 bits per heavy atom. The van der Waals surface area contributed by atoms with E-state index in [4.69, 9.17) is 80.7 Å². The zero-order valence-corrected chi connectivity index (χ0v) is 44.3. The Kier molecular flexibility index (Phi) is 391. The largest absolute Gasteiger partial charge is 0.549 e. The van der Waals surface area contributed by atoms with Crippen LogP contribution >= 0.6 is 70.2 Å². The number of carboxylic acids is 4. The number of thioether (sulfide) groups is 4. The number of carbonyl (C=O) groups is 16. The number of halogens is 2. The predicted molar refractivity (Wildman–Crippen MR) is 189 cm³/mol. The molecule has 0 aromatic rings. The number of alkyl halides is 2. The van der Waals surface area contributed by atoms with Gasteiger partial charge in [0.05, 0.1) is 23.9 Å². The summed E-state index contributed by atoms with van der Waals surface area (Å²) in [5, 5.41) is 40.2. The quantitative estimate of drug-likeness (QED) is 0.110. The molecule has 0 amide bonds. The zero-order valence-electron chi connectivity index (χ0n) is 28.7. The topological polar surface area (TPSA) is 365 Å². The summed E-state index contributed by atoms with van der Waals surface area (Å²) in [6, 6.07) is 0. The molecule has 30 heteroatoms. The molecule has 0 aliphatic heterocycles. The van der Waals surface area contributed by atoms with Gasteiger partial charge in [-0.2, -0.15) is 23.5 Å². The minimum Gasteiger partial charge on any atom is -0.549 e. The van der Waals surface area contributed by atoms with Gasteiger partial charge in [0.2, 0.25) is 0 Å². The molecule has 0 spiro atoms. The molecule has 0 rings (SSSR count). The number of rotatable bonds is 15. The van der Waals surface area contributed by atoms with E-state index in [9.17, 15) is 39.6 Å². The Hall–Kier alpha value is -1.45. The second-order valence-electron chi connectivity index (χ2n) is 4.21. The molecule has 55 heavy (non-hydrogen) atoms. The zero-order chi connectivity index (χ0) is 45.2. The number of carboxylic acid groups (broad SMARTS) is 4. The van der Waals surface area contributed by atoms with E-state index < -0.39 is 33.3 Å². The molecule has 0 aromatic carbocycles. The molecule has 0 N–H and O–H groups in total. The van der Waals surface area contributed by atoms with Crippen LogP contribution in [0.5, 0.6) is 0 Å². The number of hydrogen-bond acceptors (Lipinski definition) is 24. The van der Waals surface area contributed by atoms with E-state index in [1.54, 1.807) is 0 Å². The smallest absolute Gasteiger partial charge is 0.118 e. The second kappa shape index (κ2) is 184. The van der Waals surface area contributed by atoms with Gasteiger partial charge >= 0.3 is 0 Å². The average Bonchev–Trinajstić information content (AvgIpc) is 3.22. The van der Waals surface area contributed by atoms with Crippen LogP contribution in [0.1, 0.15) is 6.42 Å². The first-order valence-corrected chi connectivity index (χ1v) is 15.8. The van der Waals surface area contributed by atoms with Crippen molar-refractivity contribution in [1.29, 1.82) is 0 Å². The first kappa shape index (κ1) is 117. The van der Waals surface area contributed by atoms with Gasteiger partial charge in [-0.1, -0.05) is 0 Å². The third-order valence-electron chi connectivity index (χ3n) is 2.00. The Bertz CT molecular complexity index is 646. The van der Waals surface area contributed by atoms with Gasteiger partial charge < -0.3 is 97.1 Å². The first-order valence-electron chi connectivity index (χ1n) is 10.5. The summed E-state index contributed by atoms with van der Waals surface area (Å²) in [5.41, 5.74) is 0. The maximum atomic E-state index is 10.2. The molecule has 0 aromatic heterocycles. The second-order valence-corrected chi connectivity index (χ2v) is 10.2. The van der Waals surface area contributed by atoms with E-state index in [0.29, 0.717) is 29.4 Å². The van der Waals surface area contributed by atoms with E-state index in [0.717, 1.165) is 35.3 Å². The van der Waals surface area contributed by atoms with E-state index in [1.807, 2.05) is 81.5 Å². The predicted octanol–water partition coefficient (Wildman–Crippen LogP) is -4.80. The molecule has 0 fully saturated rings. The summed E-state index contributed by atoms with van der Waals surface area (Å²) in [4.78, 5) is 136. The van der Waals surface area contributed by atoms with Crippen LogP contribution in [0.4, 0.5) is 0 Å². The minimum absolute atomic E-state index is 0. The van der Waals surface area contributed by atoms with Crippen LogP contribution in [0.3, 0.4) is 0 Å². The maximum Gasteiger partial charge on any atom is 0.118 e. The molecular weight excluding hydrogens is 1560 g/mol. The van der Waals surface area contributed by atoms with E-state index in [2.05, 4.69) is 0 Å². The summed E-state index contributed by atoms with van der Waals surface area (Å²) >= 11 is 15.2. The molecule has 0 bridgehead atoms. The third-order valence-corrected chi connectivity index (χ3v) is 7.25. The molecule has 0 saturated carbocycles. The van der Waals surface area contributed by atoms with Gasteiger partial charge in [0.15, 0.2) is 0 Å². The van der Waals surface area contributed by atoms with Crippen molar-refractivity contribution in [1.82, 2.24) is 0 Å². The van der Waals surface area contributed by atoms with Crippen molar-refractivity contribution >= 4 is 176 Å². The van der Waals surface area contributed by atoms with Crippen molar-refractivity contribution in [2.75, 3.05) is 34.5 Å². The van der Waals surface area contributed by atoms with E-state index >= 15 is 0 Å². The van der Waals surface area contributed by atoms with Crippen LogP contribution < -0.4 is 20.4 Å². The van der Waals surface area contributed by atoms with Crippen molar-refractivity contribution in [3.8, 4) is 0 Å². The van der Waals surface area contributed by atoms with Crippen LogP contribution in [-0.4, -0.2) is 149 Å². The number of aliphatic carboxylic acids is 4.